The Labute approximate surface area is 105 Å². The van der Waals surface area contributed by atoms with Crippen molar-refractivity contribution in [2.24, 2.45) is 0 Å². The molecule has 0 fully saturated rings. The van der Waals surface area contributed by atoms with Crippen LogP contribution in [0.15, 0.2) is 24.3 Å². The predicted octanol–water partition coefficient (Wildman–Crippen LogP) is 3.30. The molecule has 1 atom stereocenters. The molecule has 1 unspecified atom stereocenters. The molecule has 0 spiro atoms. The number of benzene rings is 1. The Morgan fingerprint density at radius 2 is 2.12 bits per heavy atom. The summed E-state index contributed by atoms with van der Waals surface area (Å²) < 4.78 is 0. The normalized spacial score (nSPS) is 12.8. The highest BCUT2D eigenvalue weighted by Crippen LogP contribution is 2.08. The third-order valence-corrected chi connectivity index (χ3v) is 3.37. The number of hydrogen-bond acceptors (Lipinski definition) is 2. The van der Waals surface area contributed by atoms with Crippen LogP contribution < -0.4 is 0 Å². The van der Waals surface area contributed by atoms with Crippen LogP contribution in [0.5, 0.6) is 0 Å². The zero-order valence-electron chi connectivity index (χ0n) is 11.4. The van der Waals surface area contributed by atoms with Gasteiger partial charge in [-0.25, -0.2) is 0 Å². The summed E-state index contributed by atoms with van der Waals surface area (Å²) in [7, 11) is 2.08. The lowest BCUT2D eigenvalue weighted by atomic mass is 10.1. The van der Waals surface area contributed by atoms with Gasteiger partial charge in [0.2, 0.25) is 0 Å². The molecule has 17 heavy (non-hydrogen) atoms. The van der Waals surface area contributed by atoms with Gasteiger partial charge >= 0.3 is 0 Å². The molecule has 0 aliphatic rings. The van der Waals surface area contributed by atoms with Gasteiger partial charge < -0.3 is 4.90 Å². The number of nitrogens with zero attached hydrogens (tertiary/aromatic N) is 1. The Morgan fingerprint density at radius 1 is 1.41 bits per heavy atom. The second-order valence-corrected chi connectivity index (χ2v) is 4.78. The van der Waals surface area contributed by atoms with E-state index in [1.807, 2.05) is 31.2 Å². The summed E-state index contributed by atoms with van der Waals surface area (Å²) in [6, 6.07) is 8.37. The van der Waals surface area contributed by atoms with E-state index in [2.05, 4.69) is 25.8 Å². The molecule has 0 amide bonds. The van der Waals surface area contributed by atoms with E-state index in [4.69, 9.17) is 0 Å². The summed E-state index contributed by atoms with van der Waals surface area (Å²) in [6.07, 6.45) is 1.72. The second-order valence-electron chi connectivity index (χ2n) is 4.78. The molecule has 94 valence electrons. The topological polar surface area (TPSA) is 20.3 Å². The molecule has 1 aromatic rings. The first-order chi connectivity index (χ1) is 8.04. The summed E-state index contributed by atoms with van der Waals surface area (Å²) >= 11 is 0. The maximum atomic E-state index is 12.0. The summed E-state index contributed by atoms with van der Waals surface area (Å²) in [4.78, 5) is 14.2. The first kappa shape index (κ1) is 13.9. The lowest BCUT2D eigenvalue weighted by Gasteiger charge is -2.22. The molecule has 2 heteroatoms. The number of Topliss-reactive ketones (excluding diaryl/α,β-unsaturated/α-hetero) is 1. The SMILES string of the molecule is CCC(C)N(C)CCC(=O)c1cccc(C)c1. The molecule has 0 saturated carbocycles. The van der Waals surface area contributed by atoms with Crippen LogP contribution in [0.2, 0.25) is 0 Å². The van der Waals surface area contributed by atoms with Crippen LogP contribution in [0.4, 0.5) is 0 Å². The Hall–Kier alpha value is -1.15. The minimum Gasteiger partial charge on any atom is -0.303 e. The van der Waals surface area contributed by atoms with E-state index in [0.29, 0.717) is 12.5 Å². The van der Waals surface area contributed by atoms with Crippen LogP contribution in [0.25, 0.3) is 0 Å². The van der Waals surface area contributed by atoms with E-state index < -0.39 is 0 Å². The number of ketones is 1. The molecule has 1 rings (SSSR count). The Bertz CT molecular complexity index is 373. The minimum absolute atomic E-state index is 0.240. The smallest absolute Gasteiger partial charge is 0.164 e. The number of hydrogen-bond donors (Lipinski definition) is 0. The molecular formula is C15H23NO. The lowest BCUT2D eigenvalue weighted by molar-refractivity contribution is 0.0961. The lowest BCUT2D eigenvalue weighted by Crippen LogP contribution is -2.30. The predicted molar refractivity (Wildman–Crippen MR) is 72.5 cm³/mol. The molecule has 0 heterocycles. The maximum absolute atomic E-state index is 12.0. The Kier molecular flexibility index (Phi) is 5.36. The fourth-order valence-electron chi connectivity index (χ4n) is 1.77. The highest BCUT2D eigenvalue weighted by molar-refractivity contribution is 5.96. The van der Waals surface area contributed by atoms with Crippen LogP contribution in [-0.4, -0.2) is 30.3 Å². The molecule has 0 bridgehead atoms. The largest absolute Gasteiger partial charge is 0.303 e. The third kappa shape index (κ3) is 4.31. The summed E-state index contributed by atoms with van der Waals surface area (Å²) in [6.45, 7) is 7.21. The van der Waals surface area contributed by atoms with Crippen molar-refractivity contribution in [2.75, 3.05) is 13.6 Å². The van der Waals surface area contributed by atoms with Crippen molar-refractivity contribution >= 4 is 5.78 Å². The van der Waals surface area contributed by atoms with Crippen molar-refractivity contribution in [2.45, 2.75) is 39.7 Å². The van der Waals surface area contributed by atoms with Gasteiger partial charge in [-0.1, -0.05) is 30.7 Å². The van der Waals surface area contributed by atoms with Gasteiger partial charge in [0, 0.05) is 24.6 Å². The quantitative estimate of drug-likeness (QED) is 0.703. The van der Waals surface area contributed by atoms with Crippen molar-refractivity contribution in [3.63, 3.8) is 0 Å². The van der Waals surface area contributed by atoms with Gasteiger partial charge in [-0.3, -0.25) is 4.79 Å². The Morgan fingerprint density at radius 3 is 2.71 bits per heavy atom. The van der Waals surface area contributed by atoms with Gasteiger partial charge in [-0.2, -0.15) is 0 Å². The standard InChI is InChI=1S/C15H23NO/c1-5-13(3)16(4)10-9-15(17)14-8-6-7-12(2)11-14/h6-8,11,13H,5,9-10H2,1-4H3. The van der Waals surface area contributed by atoms with Crippen molar-refractivity contribution in [3.8, 4) is 0 Å². The molecule has 0 aliphatic heterocycles. The highest BCUT2D eigenvalue weighted by Gasteiger charge is 2.10. The molecule has 0 saturated heterocycles. The zero-order chi connectivity index (χ0) is 12.8. The van der Waals surface area contributed by atoms with Crippen molar-refractivity contribution < 1.29 is 4.79 Å². The van der Waals surface area contributed by atoms with Crippen LogP contribution in [0, 0.1) is 6.92 Å². The van der Waals surface area contributed by atoms with E-state index >= 15 is 0 Å². The molecular weight excluding hydrogens is 210 g/mol. The van der Waals surface area contributed by atoms with Gasteiger partial charge in [-0.15, -0.1) is 0 Å². The van der Waals surface area contributed by atoms with Crippen LogP contribution >= 0.6 is 0 Å². The minimum atomic E-state index is 0.240. The number of rotatable bonds is 6. The van der Waals surface area contributed by atoms with Crippen molar-refractivity contribution in [3.05, 3.63) is 35.4 Å². The number of carbonyl (C=O) groups excluding carboxylic acids is 1. The fraction of sp³-hybridized carbons (Fsp3) is 0.533. The molecule has 0 aromatic heterocycles. The molecule has 0 radical (unpaired) electrons. The van der Waals surface area contributed by atoms with Gasteiger partial charge in [0.05, 0.1) is 0 Å². The summed E-state index contributed by atoms with van der Waals surface area (Å²) in [5.41, 5.74) is 1.98. The molecule has 1 aromatic carbocycles. The van der Waals surface area contributed by atoms with Crippen molar-refractivity contribution in [1.82, 2.24) is 4.90 Å². The van der Waals surface area contributed by atoms with E-state index in [-0.39, 0.29) is 5.78 Å². The molecule has 0 aliphatic carbocycles. The fourth-order valence-corrected chi connectivity index (χ4v) is 1.77. The monoisotopic (exact) mass is 233 g/mol. The van der Waals surface area contributed by atoms with Crippen LogP contribution in [-0.2, 0) is 0 Å². The van der Waals surface area contributed by atoms with Gasteiger partial charge in [-0.05, 0) is 33.4 Å². The zero-order valence-corrected chi connectivity index (χ0v) is 11.4. The third-order valence-electron chi connectivity index (χ3n) is 3.37. The molecule has 0 N–H and O–H groups in total. The van der Waals surface area contributed by atoms with Crippen LogP contribution in [0.3, 0.4) is 0 Å². The maximum Gasteiger partial charge on any atom is 0.164 e. The average molecular weight is 233 g/mol. The van der Waals surface area contributed by atoms with E-state index in [1.165, 1.54) is 0 Å². The van der Waals surface area contributed by atoms with E-state index in [0.717, 1.165) is 24.1 Å². The highest BCUT2D eigenvalue weighted by atomic mass is 16.1. The first-order valence-corrected chi connectivity index (χ1v) is 6.34. The van der Waals surface area contributed by atoms with Crippen molar-refractivity contribution in [1.29, 1.82) is 0 Å². The van der Waals surface area contributed by atoms with Gasteiger partial charge in [0.15, 0.2) is 5.78 Å². The van der Waals surface area contributed by atoms with Crippen LogP contribution in [0.1, 0.15) is 42.6 Å². The van der Waals surface area contributed by atoms with E-state index in [1.54, 1.807) is 0 Å². The summed E-state index contributed by atoms with van der Waals surface area (Å²) in [5.74, 6) is 0.240. The Balaban J connectivity index is 2.50. The first-order valence-electron chi connectivity index (χ1n) is 6.34. The van der Waals surface area contributed by atoms with Gasteiger partial charge in [0.1, 0.15) is 0 Å². The average Bonchev–Trinajstić information content (AvgIpc) is 2.34. The number of carbonyl (C=O) groups is 1. The van der Waals surface area contributed by atoms with E-state index in [9.17, 15) is 4.79 Å². The molecule has 2 nitrogen and oxygen atoms in total. The second kappa shape index (κ2) is 6.55. The number of aryl methyl sites for hydroxylation is 1. The van der Waals surface area contributed by atoms with Gasteiger partial charge in [0.25, 0.3) is 0 Å². The summed E-state index contributed by atoms with van der Waals surface area (Å²) in [5, 5.41) is 0.